The van der Waals surface area contributed by atoms with Crippen molar-refractivity contribution in [3.63, 3.8) is 0 Å². The van der Waals surface area contributed by atoms with Gasteiger partial charge in [-0.3, -0.25) is 9.59 Å². The van der Waals surface area contributed by atoms with Crippen LogP contribution in [0.5, 0.6) is 0 Å². The third kappa shape index (κ3) is 47.6. The normalized spacial score (nSPS) is 13.7. The first-order valence-corrected chi connectivity index (χ1v) is 27.7. The summed E-state index contributed by atoms with van der Waals surface area (Å²) in [6.45, 7) is 6.44. The number of hydrogen-bond acceptors (Lipinski definition) is 5. The number of unbranched alkanes of at least 4 members (excludes halogenated alkanes) is 26. The molecule has 3 N–H and O–H groups in total. The molecule has 65 heavy (non-hydrogen) atoms. The van der Waals surface area contributed by atoms with Gasteiger partial charge in [-0.1, -0.05) is 235 Å². The van der Waals surface area contributed by atoms with E-state index in [4.69, 9.17) is 4.74 Å². The molecule has 0 aromatic carbocycles. The second kappa shape index (κ2) is 52.3. The number of amides is 1. The first-order valence-electron chi connectivity index (χ1n) is 27.7. The van der Waals surface area contributed by atoms with Gasteiger partial charge in [0.25, 0.3) is 0 Å². The van der Waals surface area contributed by atoms with Gasteiger partial charge in [0.15, 0.2) is 0 Å². The van der Waals surface area contributed by atoms with E-state index in [1.807, 2.05) is 0 Å². The van der Waals surface area contributed by atoms with Crippen molar-refractivity contribution in [3.8, 4) is 0 Å². The van der Waals surface area contributed by atoms with Crippen LogP contribution in [0.3, 0.4) is 0 Å². The van der Waals surface area contributed by atoms with Crippen molar-refractivity contribution in [2.45, 2.75) is 283 Å². The molecule has 6 nitrogen and oxygen atoms in total. The zero-order valence-corrected chi connectivity index (χ0v) is 42.9. The monoisotopic (exact) mass is 908 g/mol. The number of carbonyl (C=O) groups is 2. The van der Waals surface area contributed by atoms with Gasteiger partial charge in [0.2, 0.25) is 5.91 Å². The van der Waals surface area contributed by atoms with Gasteiger partial charge in [-0.25, -0.2) is 0 Å². The summed E-state index contributed by atoms with van der Waals surface area (Å²) < 4.78 is 5.91. The van der Waals surface area contributed by atoms with Gasteiger partial charge in [0, 0.05) is 6.42 Å². The van der Waals surface area contributed by atoms with Gasteiger partial charge >= 0.3 is 5.97 Å². The fourth-order valence-corrected chi connectivity index (χ4v) is 8.06. The second-order valence-corrected chi connectivity index (χ2v) is 18.7. The topological polar surface area (TPSA) is 95.9 Å². The first-order chi connectivity index (χ1) is 32.0. The lowest BCUT2D eigenvalue weighted by atomic mass is 10.0. The second-order valence-electron chi connectivity index (χ2n) is 18.7. The molecule has 0 rings (SSSR count). The summed E-state index contributed by atoms with van der Waals surface area (Å²) in [5.74, 6) is -0.558. The third-order valence-corrected chi connectivity index (χ3v) is 12.3. The Balaban J connectivity index is 4.73. The van der Waals surface area contributed by atoms with Crippen LogP contribution in [-0.4, -0.2) is 46.9 Å². The van der Waals surface area contributed by atoms with Gasteiger partial charge < -0.3 is 20.3 Å². The molecule has 376 valence electrons. The lowest BCUT2D eigenvalue weighted by Crippen LogP contribution is -2.46. The number of esters is 1. The Morgan fingerprint density at radius 2 is 0.846 bits per heavy atom. The smallest absolute Gasteiger partial charge is 0.306 e. The molecule has 0 heterocycles. The van der Waals surface area contributed by atoms with E-state index in [-0.39, 0.29) is 24.9 Å². The number of nitrogens with one attached hydrogen (secondary N) is 1. The highest BCUT2D eigenvalue weighted by Crippen LogP contribution is 2.17. The zero-order chi connectivity index (χ0) is 47.4. The van der Waals surface area contributed by atoms with Crippen molar-refractivity contribution in [1.29, 1.82) is 0 Å². The van der Waals surface area contributed by atoms with Crippen molar-refractivity contribution in [2.24, 2.45) is 0 Å². The third-order valence-electron chi connectivity index (χ3n) is 12.3. The molecule has 0 aliphatic heterocycles. The molecule has 0 radical (unpaired) electrons. The lowest BCUT2D eigenvalue weighted by molar-refractivity contribution is -0.151. The van der Waals surface area contributed by atoms with Crippen LogP contribution in [0.25, 0.3) is 0 Å². The van der Waals surface area contributed by atoms with Crippen molar-refractivity contribution in [1.82, 2.24) is 5.32 Å². The fraction of sp³-hybridized carbons (Fsp3) is 0.763. The molecule has 0 spiro atoms. The molecule has 0 aliphatic rings. The molecule has 0 fully saturated rings. The van der Waals surface area contributed by atoms with Crippen LogP contribution in [0.4, 0.5) is 0 Å². The van der Waals surface area contributed by atoms with Crippen LogP contribution in [0.1, 0.15) is 265 Å². The van der Waals surface area contributed by atoms with Gasteiger partial charge in [0.05, 0.1) is 25.2 Å². The SMILES string of the molecule is CCCCC/C=C\C/C=C\C/C=C\C/C=C\CCCC(CC(=O)NC(CO)C(O)CCCCCCCCCCCCCCC)OC(=O)CCCCC/C=C/C=C/CCCCCCCCC. The Morgan fingerprint density at radius 1 is 0.462 bits per heavy atom. The number of aliphatic hydroxyl groups is 2. The summed E-state index contributed by atoms with van der Waals surface area (Å²) in [6, 6.07) is -0.727. The Hall–Kier alpha value is -2.70. The zero-order valence-electron chi connectivity index (χ0n) is 42.9. The minimum atomic E-state index is -0.809. The van der Waals surface area contributed by atoms with E-state index in [2.05, 4.69) is 99.0 Å². The van der Waals surface area contributed by atoms with E-state index < -0.39 is 18.2 Å². The predicted octanol–water partition coefficient (Wildman–Crippen LogP) is 17.0. The maximum Gasteiger partial charge on any atom is 0.306 e. The summed E-state index contributed by atoms with van der Waals surface area (Å²) in [7, 11) is 0. The van der Waals surface area contributed by atoms with Gasteiger partial charge in [-0.2, -0.15) is 0 Å². The fourth-order valence-electron chi connectivity index (χ4n) is 8.06. The van der Waals surface area contributed by atoms with Gasteiger partial charge in [-0.05, 0) is 89.9 Å². The lowest BCUT2D eigenvalue weighted by Gasteiger charge is -2.24. The Kier molecular flexibility index (Phi) is 50.1. The van der Waals surface area contributed by atoms with Gasteiger partial charge in [0.1, 0.15) is 6.10 Å². The molecule has 0 aliphatic carbocycles. The molecule has 0 saturated heterocycles. The van der Waals surface area contributed by atoms with E-state index in [1.54, 1.807) is 0 Å². The Morgan fingerprint density at radius 3 is 1.34 bits per heavy atom. The molecule has 1 amide bonds. The summed E-state index contributed by atoms with van der Waals surface area (Å²) in [6.07, 6.45) is 66.8. The Bertz CT molecular complexity index is 1200. The van der Waals surface area contributed by atoms with Crippen molar-refractivity contribution in [2.75, 3.05) is 6.61 Å². The number of rotatable bonds is 49. The van der Waals surface area contributed by atoms with Crippen LogP contribution >= 0.6 is 0 Å². The highest BCUT2D eigenvalue weighted by atomic mass is 16.5. The molecule has 0 bridgehead atoms. The van der Waals surface area contributed by atoms with E-state index in [1.165, 1.54) is 135 Å². The molecular formula is C59H105NO5. The first kappa shape index (κ1) is 62.3. The molecule has 0 saturated carbocycles. The minimum absolute atomic E-state index is 0.0274. The van der Waals surface area contributed by atoms with E-state index in [9.17, 15) is 19.8 Å². The van der Waals surface area contributed by atoms with Gasteiger partial charge in [-0.15, -0.1) is 0 Å². The highest BCUT2D eigenvalue weighted by molar-refractivity contribution is 5.77. The van der Waals surface area contributed by atoms with Crippen LogP contribution in [0, 0.1) is 0 Å². The van der Waals surface area contributed by atoms with E-state index >= 15 is 0 Å². The highest BCUT2D eigenvalue weighted by Gasteiger charge is 2.24. The number of carbonyl (C=O) groups excluding carboxylic acids is 2. The van der Waals surface area contributed by atoms with Crippen LogP contribution in [0.2, 0.25) is 0 Å². The number of allylic oxidation sites excluding steroid dienone is 12. The number of aliphatic hydroxyl groups excluding tert-OH is 2. The van der Waals surface area contributed by atoms with Crippen molar-refractivity contribution < 1.29 is 24.5 Å². The van der Waals surface area contributed by atoms with E-state index in [0.29, 0.717) is 19.3 Å². The standard InChI is InChI=1S/C59H105NO5/c1-4-7-10-13-16-19-22-25-27-29-30-33-35-38-41-44-47-50-55(65-59(64)52-49-46-43-40-37-34-31-28-26-23-20-17-14-11-8-5-2)53-58(63)60-56(54-61)57(62)51-48-45-42-39-36-32-24-21-18-15-12-9-6-3/h16,19,25,27-28,30-31,33-34,37-38,41,55-57,61-62H,4-15,17-18,20-24,26,29,32,35-36,39-40,42-54H2,1-3H3,(H,60,63)/b19-16-,27-25-,31-28+,33-30-,37-34+,41-38-. The van der Waals surface area contributed by atoms with E-state index in [0.717, 1.165) is 83.5 Å². The van der Waals surface area contributed by atoms with Crippen LogP contribution < -0.4 is 5.32 Å². The minimum Gasteiger partial charge on any atom is -0.462 e. The quantitative estimate of drug-likeness (QED) is 0.0245. The molecule has 6 heteroatoms. The number of ether oxygens (including phenoxy) is 1. The van der Waals surface area contributed by atoms with Crippen molar-refractivity contribution >= 4 is 11.9 Å². The summed E-state index contributed by atoms with van der Waals surface area (Å²) in [5, 5.41) is 23.8. The number of hydrogen-bond donors (Lipinski definition) is 3. The predicted molar refractivity (Wildman–Crippen MR) is 282 cm³/mol. The summed E-state index contributed by atoms with van der Waals surface area (Å²) in [5.41, 5.74) is 0. The van der Waals surface area contributed by atoms with Crippen molar-refractivity contribution in [3.05, 3.63) is 72.9 Å². The summed E-state index contributed by atoms with van der Waals surface area (Å²) >= 11 is 0. The average molecular weight is 908 g/mol. The molecule has 0 aromatic rings. The van der Waals surface area contributed by atoms with Crippen LogP contribution in [0.15, 0.2) is 72.9 Å². The molecular weight excluding hydrogens is 803 g/mol. The maximum atomic E-state index is 13.2. The molecule has 3 atom stereocenters. The molecule has 0 aromatic heterocycles. The largest absolute Gasteiger partial charge is 0.462 e. The average Bonchev–Trinajstić information content (AvgIpc) is 3.30. The van der Waals surface area contributed by atoms with Crippen LogP contribution in [-0.2, 0) is 14.3 Å². The Labute approximate surface area is 402 Å². The maximum absolute atomic E-state index is 13.2. The molecule has 3 unspecified atom stereocenters. The summed E-state index contributed by atoms with van der Waals surface area (Å²) in [4.78, 5) is 26.2.